The van der Waals surface area contributed by atoms with E-state index in [0.29, 0.717) is 6.42 Å². The molecule has 3 rings (SSSR count). The second kappa shape index (κ2) is 5.29. The van der Waals surface area contributed by atoms with Crippen LogP contribution in [0.3, 0.4) is 0 Å². The van der Waals surface area contributed by atoms with Gasteiger partial charge in [0.2, 0.25) is 5.24 Å². The molecule has 0 radical (unpaired) electrons. The molecular formula is C17H15ClO2. The van der Waals surface area contributed by atoms with Crippen LogP contribution in [-0.4, -0.2) is 12.4 Å². The normalized spacial score (nSPS) is 15.6. The quantitative estimate of drug-likeness (QED) is 0.781. The van der Waals surface area contributed by atoms with E-state index in [4.69, 9.17) is 16.3 Å². The SMILES string of the molecule is COc1ccc2c(c1)C(CCC(=O)Cl)c1ccccc1-2. The first-order valence-corrected chi connectivity index (χ1v) is 7.04. The highest BCUT2D eigenvalue weighted by molar-refractivity contribution is 6.63. The first-order chi connectivity index (χ1) is 9.70. The van der Waals surface area contributed by atoms with Gasteiger partial charge in [-0.2, -0.15) is 0 Å². The average molecular weight is 287 g/mol. The number of hydrogen-bond donors (Lipinski definition) is 0. The van der Waals surface area contributed by atoms with Crippen molar-refractivity contribution in [2.75, 3.05) is 7.11 Å². The molecular weight excluding hydrogens is 272 g/mol. The minimum Gasteiger partial charge on any atom is -0.497 e. The van der Waals surface area contributed by atoms with Crippen molar-refractivity contribution in [3.8, 4) is 16.9 Å². The monoisotopic (exact) mass is 286 g/mol. The fraction of sp³-hybridized carbons (Fsp3) is 0.235. The number of carbonyl (C=O) groups excluding carboxylic acids is 1. The second-order valence-corrected chi connectivity index (χ2v) is 5.41. The second-order valence-electron chi connectivity index (χ2n) is 4.99. The van der Waals surface area contributed by atoms with Crippen LogP contribution in [0.1, 0.15) is 29.9 Å². The standard InChI is InChI=1S/C17H15ClO2/c1-20-11-6-7-14-12-4-2-3-5-13(12)15(16(14)10-11)8-9-17(18)19/h2-7,10,15H,8-9H2,1H3. The molecule has 1 aliphatic carbocycles. The Balaban J connectivity index is 2.07. The summed E-state index contributed by atoms with van der Waals surface area (Å²) in [5.74, 6) is 1.07. The first-order valence-electron chi connectivity index (χ1n) is 6.66. The lowest BCUT2D eigenvalue weighted by Gasteiger charge is -2.13. The van der Waals surface area contributed by atoms with E-state index in [9.17, 15) is 4.79 Å². The molecule has 1 unspecified atom stereocenters. The summed E-state index contributed by atoms with van der Waals surface area (Å²) in [7, 11) is 1.67. The van der Waals surface area contributed by atoms with E-state index >= 15 is 0 Å². The van der Waals surface area contributed by atoms with Crippen LogP contribution in [0.4, 0.5) is 0 Å². The Hall–Kier alpha value is -1.80. The van der Waals surface area contributed by atoms with Gasteiger partial charge < -0.3 is 4.74 Å². The smallest absolute Gasteiger partial charge is 0.221 e. The molecule has 0 saturated carbocycles. The highest BCUT2D eigenvalue weighted by atomic mass is 35.5. The molecule has 3 heteroatoms. The molecule has 0 fully saturated rings. The maximum absolute atomic E-state index is 11.1. The van der Waals surface area contributed by atoms with Gasteiger partial charge in [0.05, 0.1) is 7.11 Å². The van der Waals surface area contributed by atoms with Gasteiger partial charge in [-0.05, 0) is 52.4 Å². The molecule has 2 aromatic carbocycles. The predicted octanol–water partition coefficient (Wildman–Crippen LogP) is 4.35. The number of carbonyl (C=O) groups is 1. The summed E-state index contributed by atoms with van der Waals surface area (Å²) in [4.78, 5) is 11.1. The molecule has 0 aliphatic heterocycles. The van der Waals surface area contributed by atoms with Crippen molar-refractivity contribution in [3.63, 3.8) is 0 Å². The van der Waals surface area contributed by atoms with E-state index < -0.39 is 0 Å². The van der Waals surface area contributed by atoms with Gasteiger partial charge in [0.1, 0.15) is 5.75 Å². The molecule has 102 valence electrons. The van der Waals surface area contributed by atoms with Gasteiger partial charge in [-0.15, -0.1) is 0 Å². The van der Waals surface area contributed by atoms with E-state index in [0.717, 1.165) is 12.2 Å². The van der Waals surface area contributed by atoms with Crippen molar-refractivity contribution in [2.24, 2.45) is 0 Å². The van der Waals surface area contributed by atoms with Crippen molar-refractivity contribution >= 4 is 16.8 Å². The Morgan fingerprint density at radius 1 is 1.15 bits per heavy atom. The molecule has 2 aromatic rings. The van der Waals surface area contributed by atoms with Crippen LogP contribution in [0.15, 0.2) is 42.5 Å². The Bertz CT molecular complexity index is 664. The summed E-state index contributed by atoms with van der Waals surface area (Å²) in [6.07, 6.45) is 1.12. The Morgan fingerprint density at radius 3 is 2.65 bits per heavy atom. The molecule has 1 atom stereocenters. The van der Waals surface area contributed by atoms with Crippen LogP contribution in [0.5, 0.6) is 5.75 Å². The summed E-state index contributed by atoms with van der Waals surface area (Å²) in [6, 6.07) is 14.5. The van der Waals surface area contributed by atoms with Crippen LogP contribution in [0.2, 0.25) is 0 Å². The number of rotatable bonds is 4. The van der Waals surface area contributed by atoms with E-state index in [1.165, 1.54) is 22.3 Å². The third kappa shape index (κ3) is 2.20. The van der Waals surface area contributed by atoms with Crippen LogP contribution in [-0.2, 0) is 4.79 Å². The third-order valence-electron chi connectivity index (χ3n) is 3.89. The lowest BCUT2D eigenvalue weighted by atomic mass is 9.92. The van der Waals surface area contributed by atoms with E-state index in [1.807, 2.05) is 18.2 Å². The molecule has 0 N–H and O–H groups in total. The minimum absolute atomic E-state index is 0.221. The first kappa shape index (κ1) is 13.2. The van der Waals surface area contributed by atoms with Gasteiger partial charge in [0.25, 0.3) is 0 Å². The summed E-state index contributed by atoms with van der Waals surface area (Å²) >= 11 is 5.51. The number of ether oxygens (including phenoxy) is 1. The highest BCUT2D eigenvalue weighted by Crippen LogP contribution is 2.47. The third-order valence-corrected chi connectivity index (χ3v) is 4.08. The van der Waals surface area contributed by atoms with E-state index in [1.54, 1.807) is 7.11 Å². The number of fused-ring (bicyclic) bond motifs is 3. The van der Waals surface area contributed by atoms with Crippen LogP contribution < -0.4 is 4.74 Å². The number of benzene rings is 2. The molecule has 0 aromatic heterocycles. The Labute approximate surface area is 123 Å². The lowest BCUT2D eigenvalue weighted by Crippen LogP contribution is -1.99. The summed E-state index contributed by atoms with van der Waals surface area (Å²) < 4.78 is 5.32. The summed E-state index contributed by atoms with van der Waals surface area (Å²) in [6.45, 7) is 0. The maximum Gasteiger partial charge on any atom is 0.221 e. The molecule has 2 nitrogen and oxygen atoms in total. The van der Waals surface area contributed by atoms with Gasteiger partial charge in [-0.1, -0.05) is 30.3 Å². The van der Waals surface area contributed by atoms with Crippen LogP contribution in [0, 0.1) is 0 Å². The molecule has 1 aliphatic rings. The molecule has 20 heavy (non-hydrogen) atoms. The topological polar surface area (TPSA) is 26.3 Å². The average Bonchev–Trinajstić information content (AvgIpc) is 2.78. The fourth-order valence-electron chi connectivity index (χ4n) is 2.98. The Kier molecular flexibility index (Phi) is 3.49. The van der Waals surface area contributed by atoms with Crippen molar-refractivity contribution in [2.45, 2.75) is 18.8 Å². The van der Waals surface area contributed by atoms with Gasteiger partial charge in [0.15, 0.2) is 0 Å². The fourth-order valence-corrected chi connectivity index (χ4v) is 3.09. The lowest BCUT2D eigenvalue weighted by molar-refractivity contribution is -0.111. The van der Waals surface area contributed by atoms with Gasteiger partial charge >= 0.3 is 0 Å². The van der Waals surface area contributed by atoms with Crippen LogP contribution >= 0.6 is 11.6 Å². The molecule has 0 heterocycles. The number of halogens is 1. The van der Waals surface area contributed by atoms with Crippen molar-refractivity contribution < 1.29 is 9.53 Å². The van der Waals surface area contributed by atoms with Crippen molar-refractivity contribution in [1.29, 1.82) is 0 Å². The molecule has 0 bridgehead atoms. The minimum atomic E-state index is -0.279. The van der Waals surface area contributed by atoms with Gasteiger partial charge in [-0.3, -0.25) is 4.79 Å². The van der Waals surface area contributed by atoms with Crippen molar-refractivity contribution in [1.82, 2.24) is 0 Å². The zero-order valence-corrected chi connectivity index (χ0v) is 12.0. The zero-order valence-electron chi connectivity index (χ0n) is 11.2. The maximum atomic E-state index is 11.1. The van der Waals surface area contributed by atoms with E-state index in [-0.39, 0.29) is 11.2 Å². The molecule has 0 saturated heterocycles. The molecule has 0 spiro atoms. The largest absolute Gasteiger partial charge is 0.497 e. The predicted molar refractivity (Wildman–Crippen MR) is 80.4 cm³/mol. The summed E-state index contributed by atoms with van der Waals surface area (Å²) in [5, 5.41) is -0.279. The Morgan fingerprint density at radius 2 is 1.90 bits per heavy atom. The van der Waals surface area contributed by atoms with Gasteiger partial charge in [-0.25, -0.2) is 0 Å². The summed E-state index contributed by atoms with van der Waals surface area (Å²) in [5.41, 5.74) is 4.97. The number of hydrogen-bond acceptors (Lipinski definition) is 2. The zero-order chi connectivity index (χ0) is 14.1. The van der Waals surface area contributed by atoms with Crippen molar-refractivity contribution in [3.05, 3.63) is 53.6 Å². The van der Waals surface area contributed by atoms with E-state index in [2.05, 4.69) is 24.3 Å². The number of methoxy groups -OCH3 is 1. The molecule has 0 amide bonds. The van der Waals surface area contributed by atoms with Crippen LogP contribution in [0.25, 0.3) is 11.1 Å². The highest BCUT2D eigenvalue weighted by Gasteiger charge is 2.28. The van der Waals surface area contributed by atoms with Gasteiger partial charge in [0, 0.05) is 12.3 Å².